The second kappa shape index (κ2) is 10.7. The van der Waals surface area contributed by atoms with Gasteiger partial charge in [-0.2, -0.15) is 4.31 Å². The van der Waals surface area contributed by atoms with E-state index in [0.29, 0.717) is 21.3 Å². The largest absolute Gasteiger partial charge is 0.324 e. The molecule has 33 heavy (non-hydrogen) atoms. The molecule has 5 nitrogen and oxygen atoms in total. The monoisotopic (exact) mass is 504 g/mol. The summed E-state index contributed by atoms with van der Waals surface area (Å²) in [5.41, 5.74) is 3.34. The highest BCUT2D eigenvalue weighted by Crippen LogP contribution is 2.28. The van der Waals surface area contributed by atoms with Crippen molar-refractivity contribution in [3.8, 4) is 0 Å². The maximum absolute atomic E-state index is 13.4. The third kappa shape index (κ3) is 6.36. The SMILES string of the molecule is Cc1cccc(C(C)C)c1NC(=O)CN(Cc1ccc(Cl)cc1)S(=O)(=O)c1ccc(Cl)cc1. The van der Waals surface area contributed by atoms with Crippen LogP contribution in [0.4, 0.5) is 5.69 Å². The maximum atomic E-state index is 13.4. The summed E-state index contributed by atoms with van der Waals surface area (Å²) in [4.78, 5) is 13.1. The molecule has 0 bridgehead atoms. The molecule has 0 aliphatic carbocycles. The second-order valence-electron chi connectivity index (χ2n) is 8.10. The van der Waals surface area contributed by atoms with E-state index in [2.05, 4.69) is 5.32 Å². The Morgan fingerprint density at radius 1 is 0.939 bits per heavy atom. The van der Waals surface area contributed by atoms with Crippen molar-refractivity contribution in [2.24, 2.45) is 0 Å². The lowest BCUT2D eigenvalue weighted by Crippen LogP contribution is -2.37. The van der Waals surface area contributed by atoms with Crippen LogP contribution in [-0.2, 0) is 21.4 Å². The fraction of sp³-hybridized carbons (Fsp3) is 0.240. The predicted octanol–water partition coefficient (Wildman–Crippen LogP) is 6.25. The first-order valence-electron chi connectivity index (χ1n) is 10.5. The summed E-state index contributed by atoms with van der Waals surface area (Å²) in [5, 5.41) is 3.90. The van der Waals surface area contributed by atoms with Crippen molar-refractivity contribution in [2.75, 3.05) is 11.9 Å². The van der Waals surface area contributed by atoms with Crippen LogP contribution in [0.5, 0.6) is 0 Å². The number of para-hydroxylation sites is 1. The number of carbonyl (C=O) groups excluding carboxylic acids is 1. The van der Waals surface area contributed by atoms with Gasteiger partial charge in [-0.15, -0.1) is 0 Å². The van der Waals surface area contributed by atoms with Crippen molar-refractivity contribution >= 4 is 44.8 Å². The molecule has 0 radical (unpaired) electrons. The topological polar surface area (TPSA) is 66.5 Å². The quantitative estimate of drug-likeness (QED) is 0.393. The van der Waals surface area contributed by atoms with Gasteiger partial charge in [-0.05, 0) is 65.9 Å². The van der Waals surface area contributed by atoms with E-state index in [1.807, 2.05) is 39.0 Å². The molecule has 0 atom stereocenters. The van der Waals surface area contributed by atoms with Crippen LogP contribution in [0.25, 0.3) is 0 Å². The molecule has 1 amide bonds. The molecule has 0 saturated heterocycles. The minimum absolute atomic E-state index is 0.0142. The molecular formula is C25H26Cl2N2O3S. The van der Waals surface area contributed by atoms with Crippen LogP contribution in [0.15, 0.2) is 71.6 Å². The van der Waals surface area contributed by atoms with Gasteiger partial charge in [-0.25, -0.2) is 8.42 Å². The van der Waals surface area contributed by atoms with E-state index in [9.17, 15) is 13.2 Å². The van der Waals surface area contributed by atoms with E-state index < -0.39 is 15.9 Å². The first kappa shape index (κ1) is 25.2. The highest BCUT2D eigenvalue weighted by atomic mass is 35.5. The Balaban J connectivity index is 1.92. The van der Waals surface area contributed by atoms with Crippen molar-refractivity contribution in [3.05, 3.63) is 93.5 Å². The van der Waals surface area contributed by atoms with Gasteiger partial charge < -0.3 is 5.32 Å². The molecule has 0 heterocycles. The summed E-state index contributed by atoms with van der Waals surface area (Å²) in [5.74, 6) is -0.221. The number of aryl methyl sites for hydroxylation is 1. The first-order valence-corrected chi connectivity index (χ1v) is 12.7. The van der Waals surface area contributed by atoms with Crippen molar-refractivity contribution < 1.29 is 13.2 Å². The number of hydrogen-bond acceptors (Lipinski definition) is 3. The lowest BCUT2D eigenvalue weighted by atomic mass is 9.98. The number of sulfonamides is 1. The summed E-state index contributed by atoms with van der Waals surface area (Å²) in [6.07, 6.45) is 0. The van der Waals surface area contributed by atoms with Crippen molar-refractivity contribution in [3.63, 3.8) is 0 Å². The number of amides is 1. The first-order chi connectivity index (χ1) is 15.6. The standard InChI is InChI=1S/C25H26Cl2N2O3S/c1-17(2)23-6-4-5-18(3)25(23)28-24(30)16-29(15-19-7-9-20(26)10-8-19)33(31,32)22-13-11-21(27)12-14-22/h4-14,17H,15-16H2,1-3H3,(H,28,30). The van der Waals surface area contributed by atoms with E-state index >= 15 is 0 Å². The van der Waals surface area contributed by atoms with Crippen LogP contribution >= 0.6 is 23.2 Å². The summed E-state index contributed by atoms with van der Waals surface area (Å²) in [7, 11) is -3.97. The zero-order valence-corrected chi connectivity index (χ0v) is 21.0. The Morgan fingerprint density at radius 3 is 2.09 bits per heavy atom. The third-order valence-electron chi connectivity index (χ3n) is 5.24. The van der Waals surface area contributed by atoms with Crippen LogP contribution < -0.4 is 5.32 Å². The average molecular weight is 505 g/mol. The van der Waals surface area contributed by atoms with Gasteiger partial charge in [0.05, 0.1) is 11.4 Å². The smallest absolute Gasteiger partial charge is 0.243 e. The Hall–Kier alpha value is -2.38. The highest BCUT2D eigenvalue weighted by molar-refractivity contribution is 7.89. The van der Waals surface area contributed by atoms with E-state index in [-0.39, 0.29) is 23.9 Å². The number of carbonyl (C=O) groups is 1. The van der Waals surface area contributed by atoms with Crippen molar-refractivity contribution in [1.29, 1.82) is 0 Å². The van der Waals surface area contributed by atoms with Crippen LogP contribution in [0, 0.1) is 6.92 Å². The van der Waals surface area contributed by atoms with Crippen molar-refractivity contribution in [1.82, 2.24) is 4.31 Å². The predicted molar refractivity (Wildman–Crippen MR) is 134 cm³/mol. The van der Waals surface area contributed by atoms with Gasteiger partial charge in [0.25, 0.3) is 0 Å². The molecule has 8 heteroatoms. The molecule has 0 unspecified atom stereocenters. The molecule has 1 N–H and O–H groups in total. The normalized spacial score (nSPS) is 11.7. The maximum Gasteiger partial charge on any atom is 0.243 e. The van der Waals surface area contributed by atoms with Crippen LogP contribution in [0.3, 0.4) is 0 Å². The van der Waals surface area contributed by atoms with Gasteiger partial charge in [0, 0.05) is 22.3 Å². The molecular weight excluding hydrogens is 479 g/mol. The molecule has 0 spiro atoms. The Morgan fingerprint density at radius 2 is 1.52 bits per heavy atom. The number of hydrogen-bond donors (Lipinski definition) is 1. The van der Waals surface area contributed by atoms with Gasteiger partial charge in [-0.1, -0.05) is 67.4 Å². The summed E-state index contributed by atoms with van der Waals surface area (Å²) < 4.78 is 28.0. The van der Waals surface area contributed by atoms with Crippen molar-refractivity contribution in [2.45, 2.75) is 38.1 Å². The Kier molecular flexibility index (Phi) is 8.19. The Labute approximate surface area is 205 Å². The summed E-state index contributed by atoms with van der Waals surface area (Å²) in [6.45, 7) is 5.67. The number of nitrogens with zero attached hydrogens (tertiary/aromatic N) is 1. The van der Waals surface area contributed by atoms with Crippen LogP contribution in [-0.4, -0.2) is 25.2 Å². The van der Waals surface area contributed by atoms with E-state index in [1.165, 1.54) is 24.3 Å². The number of rotatable bonds is 8. The van der Waals surface area contributed by atoms with Crippen LogP contribution in [0.2, 0.25) is 10.0 Å². The molecule has 3 aromatic rings. The zero-order valence-electron chi connectivity index (χ0n) is 18.7. The number of nitrogens with one attached hydrogen (secondary N) is 1. The lowest BCUT2D eigenvalue weighted by molar-refractivity contribution is -0.116. The fourth-order valence-electron chi connectivity index (χ4n) is 3.46. The fourth-order valence-corrected chi connectivity index (χ4v) is 5.09. The van der Waals surface area contributed by atoms with Gasteiger partial charge in [-0.3, -0.25) is 4.79 Å². The molecule has 0 aliphatic heterocycles. The lowest BCUT2D eigenvalue weighted by Gasteiger charge is -2.23. The van der Waals surface area contributed by atoms with Gasteiger partial charge in [0.2, 0.25) is 15.9 Å². The summed E-state index contributed by atoms with van der Waals surface area (Å²) >= 11 is 11.9. The number of anilines is 1. The molecule has 0 aliphatic rings. The highest BCUT2D eigenvalue weighted by Gasteiger charge is 2.27. The summed E-state index contributed by atoms with van der Waals surface area (Å²) in [6, 6.07) is 18.6. The molecule has 3 aromatic carbocycles. The number of halogens is 2. The number of benzene rings is 3. The van der Waals surface area contributed by atoms with Gasteiger partial charge >= 0.3 is 0 Å². The van der Waals surface area contributed by atoms with E-state index in [0.717, 1.165) is 15.4 Å². The van der Waals surface area contributed by atoms with E-state index in [1.54, 1.807) is 24.3 Å². The molecule has 3 rings (SSSR count). The van der Waals surface area contributed by atoms with Crippen LogP contribution in [0.1, 0.15) is 36.5 Å². The Bertz CT molecular complexity index is 1230. The van der Waals surface area contributed by atoms with E-state index in [4.69, 9.17) is 23.2 Å². The van der Waals surface area contributed by atoms with Gasteiger partial charge in [0.15, 0.2) is 0 Å². The second-order valence-corrected chi connectivity index (χ2v) is 10.9. The zero-order chi connectivity index (χ0) is 24.2. The molecule has 0 fully saturated rings. The minimum atomic E-state index is -3.97. The third-order valence-corrected chi connectivity index (χ3v) is 7.54. The molecule has 0 aromatic heterocycles. The average Bonchev–Trinajstić information content (AvgIpc) is 2.76. The molecule has 0 saturated carbocycles. The minimum Gasteiger partial charge on any atom is -0.324 e. The molecule has 174 valence electrons. The van der Waals surface area contributed by atoms with Gasteiger partial charge in [0.1, 0.15) is 0 Å².